The summed E-state index contributed by atoms with van der Waals surface area (Å²) in [6.07, 6.45) is 0. The summed E-state index contributed by atoms with van der Waals surface area (Å²) in [6.45, 7) is 6.00. The molecule has 106 valence electrons. The highest BCUT2D eigenvalue weighted by atomic mass is 16.6. The first kappa shape index (κ1) is 14.9. The lowest BCUT2D eigenvalue weighted by molar-refractivity contribution is -0.384. The molecule has 0 aliphatic carbocycles. The standard InChI is InChI=1S/C11H19N5O3/c1-7(2)11(17)13-6-5-12-10-9(16(18)19)8(3)14-15(10)4/h7,12H,5-6H2,1-4H3,(H,13,17). The SMILES string of the molecule is Cc1nn(C)c(NCCNC(=O)C(C)C)c1[N+](=O)[O-]. The fourth-order valence-corrected chi connectivity index (χ4v) is 1.63. The Kier molecular flexibility index (Phi) is 4.85. The van der Waals surface area contributed by atoms with Gasteiger partial charge in [0.25, 0.3) is 0 Å². The molecule has 8 heteroatoms. The highest BCUT2D eigenvalue weighted by Crippen LogP contribution is 2.26. The van der Waals surface area contributed by atoms with Crippen LogP contribution in [0.15, 0.2) is 0 Å². The third kappa shape index (κ3) is 3.67. The number of carbonyl (C=O) groups is 1. The Morgan fingerprint density at radius 2 is 2.11 bits per heavy atom. The number of hydrogen-bond donors (Lipinski definition) is 2. The largest absolute Gasteiger partial charge is 0.363 e. The highest BCUT2D eigenvalue weighted by molar-refractivity contribution is 5.77. The molecule has 0 saturated carbocycles. The number of anilines is 1. The van der Waals surface area contributed by atoms with Crippen LogP contribution in [0.2, 0.25) is 0 Å². The van der Waals surface area contributed by atoms with Crippen LogP contribution >= 0.6 is 0 Å². The van der Waals surface area contributed by atoms with E-state index in [9.17, 15) is 14.9 Å². The molecule has 1 aromatic rings. The van der Waals surface area contributed by atoms with Crippen LogP contribution in [0, 0.1) is 23.0 Å². The quantitative estimate of drug-likeness (QED) is 0.452. The van der Waals surface area contributed by atoms with Gasteiger partial charge in [-0.3, -0.25) is 14.9 Å². The number of amides is 1. The van der Waals surface area contributed by atoms with E-state index in [4.69, 9.17) is 0 Å². The lowest BCUT2D eigenvalue weighted by Gasteiger charge is -2.09. The molecule has 1 rings (SSSR count). The molecule has 0 aromatic carbocycles. The fourth-order valence-electron chi connectivity index (χ4n) is 1.63. The summed E-state index contributed by atoms with van der Waals surface area (Å²) < 4.78 is 1.43. The predicted molar refractivity (Wildman–Crippen MR) is 70.9 cm³/mol. The smallest absolute Gasteiger partial charge is 0.333 e. The maximum atomic E-state index is 11.3. The first-order valence-electron chi connectivity index (χ1n) is 6.04. The zero-order chi connectivity index (χ0) is 14.6. The summed E-state index contributed by atoms with van der Waals surface area (Å²) in [5, 5.41) is 20.6. The summed E-state index contributed by atoms with van der Waals surface area (Å²) in [7, 11) is 1.63. The zero-order valence-corrected chi connectivity index (χ0v) is 11.6. The van der Waals surface area contributed by atoms with Crippen LogP contribution in [-0.2, 0) is 11.8 Å². The van der Waals surface area contributed by atoms with Gasteiger partial charge >= 0.3 is 5.69 Å². The molecule has 0 spiro atoms. The second kappa shape index (κ2) is 6.17. The Labute approximate surface area is 111 Å². The van der Waals surface area contributed by atoms with Crippen molar-refractivity contribution in [3.63, 3.8) is 0 Å². The molecule has 0 radical (unpaired) electrons. The highest BCUT2D eigenvalue weighted by Gasteiger charge is 2.23. The molecule has 2 N–H and O–H groups in total. The van der Waals surface area contributed by atoms with Gasteiger partial charge in [-0.15, -0.1) is 0 Å². The molecular formula is C11H19N5O3. The maximum absolute atomic E-state index is 11.3. The number of nitrogens with zero attached hydrogens (tertiary/aromatic N) is 3. The van der Waals surface area contributed by atoms with E-state index in [2.05, 4.69) is 15.7 Å². The molecule has 0 aliphatic heterocycles. The molecule has 0 saturated heterocycles. The fraction of sp³-hybridized carbons (Fsp3) is 0.636. The second-order valence-corrected chi connectivity index (χ2v) is 4.54. The van der Waals surface area contributed by atoms with Crippen molar-refractivity contribution in [1.82, 2.24) is 15.1 Å². The average molecular weight is 269 g/mol. The third-order valence-corrected chi connectivity index (χ3v) is 2.61. The van der Waals surface area contributed by atoms with Crippen LogP contribution in [-0.4, -0.2) is 33.7 Å². The number of nitro groups is 1. The number of hydrogen-bond acceptors (Lipinski definition) is 5. The van der Waals surface area contributed by atoms with Gasteiger partial charge in [0.05, 0.1) is 4.92 Å². The van der Waals surface area contributed by atoms with Gasteiger partial charge < -0.3 is 10.6 Å². The zero-order valence-electron chi connectivity index (χ0n) is 11.6. The Morgan fingerprint density at radius 1 is 1.47 bits per heavy atom. The van der Waals surface area contributed by atoms with Crippen molar-refractivity contribution >= 4 is 17.4 Å². The monoisotopic (exact) mass is 269 g/mol. The summed E-state index contributed by atoms with van der Waals surface area (Å²) >= 11 is 0. The van der Waals surface area contributed by atoms with Gasteiger partial charge in [0.1, 0.15) is 5.69 Å². The van der Waals surface area contributed by atoms with E-state index in [1.165, 1.54) is 4.68 Å². The van der Waals surface area contributed by atoms with Crippen molar-refractivity contribution in [2.75, 3.05) is 18.4 Å². The minimum absolute atomic E-state index is 0.0299. The van der Waals surface area contributed by atoms with E-state index in [-0.39, 0.29) is 17.5 Å². The van der Waals surface area contributed by atoms with Crippen LogP contribution in [0.4, 0.5) is 11.5 Å². The van der Waals surface area contributed by atoms with Gasteiger partial charge in [0.2, 0.25) is 11.7 Å². The van der Waals surface area contributed by atoms with Crippen molar-refractivity contribution in [3.8, 4) is 0 Å². The third-order valence-electron chi connectivity index (χ3n) is 2.61. The van der Waals surface area contributed by atoms with Crippen LogP contribution in [0.3, 0.4) is 0 Å². The number of rotatable bonds is 6. The predicted octanol–water partition coefficient (Wildman–Crippen LogP) is 0.821. The van der Waals surface area contributed by atoms with Crippen LogP contribution in [0.5, 0.6) is 0 Å². The summed E-state index contributed by atoms with van der Waals surface area (Å²) in [6, 6.07) is 0. The Balaban J connectivity index is 2.59. The lowest BCUT2D eigenvalue weighted by atomic mass is 10.2. The van der Waals surface area contributed by atoms with E-state index in [1.807, 2.05) is 0 Å². The molecule has 0 unspecified atom stereocenters. The van der Waals surface area contributed by atoms with Gasteiger partial charge in [-0.05, 0) is 6.92 Å². The van der Waals surface area contributed by atoms with E-state index < -0.39 is 4.92 Å². The summed E-state index contributed by atoms with van der Waals surface area (Å²) in [4.78, 5) is 21.8. The Hall–Kier alpha value is -2.12. The number of carbonyl (C=O) groups excluding carboxylic acids is 1. The molecule has 1 heterocycles. The molecule has 0 fully saturated rings. The second-order valence-electron chi connectivity index (χ2n) is 4.54. The van der Waals surface area contributed by atoms with Crippen LogP contribution in [0.1, 0.15) is 19.5 Å². The van der Waals surface area contributed by atoms with Gasteiger partial charge in [0, 0.05) is 26.1 Å². The van der Waals surface area contributed by atoms with Crippen molar-refractivity contribution in [1.29, 1.82) is 0 Å². The Morgan fingerprint density at radius 3 is 2.63 bits per heavy atom. The number of nitrogens with one attached hydrogen (secondary N) is 2. The molecule has 8 nitrogen and oxygen atoms in total. The molecule has 0 aliphatic rings. The van der Waals surface area contributed by atoms with E-state index in [1.54, 1.807) is 27.8 Å². The minimum atomic E-state index is -0.461. The number of aromatic nitrogens is 2. The van der Waals surface area contributed by atoms with E-state index >= 15 is 0 Å². The molecule has 1 amide bonds. The van der Waals surface area contributed by atoms with Gasteiger partial charge in [-0.2, -0.15) is 5.10 Å². The van der Waals surface area contributed by atoms with E-state index in [0.29, 0.717) is 24.6 Å². The summed E-state index contributed by atoms with van der Waals surface area (Å²) in [5.74, 6) is 0.229. The van der Waals surface area contributed by atoms with Gasteiger partial charge in [-0.25, -0.2) is 4.68 Å². The van der Waals surface area contributed by atoms with Crippen molar-refractivity contribution in [2.24, 2.45) is 13.0 Å². The molecule has 0 atom stereocenters. The normalized spacial score (nSPS) is 10.6. The molecule has 1 aromatic heterocycles. The maximum Gasteiger partial charge on any atom is 0.333 e. The first-order valence-corrected chi connectivity index (χ1v) is 6.04. The topological polar surface area (TPSA) is 102 Å². The first-order chi connectivity index (χ1) is 8.84. The summed E-state index contributed by atoms with van der Waals surface area (Å²) in [5.41, 5.74) is 0.332. The van der Waals surface area contributed by atoms with Crippen molar-refractivity contribution in [3.05, 3.63) is 15.8 Å². The van der Waals surface area contributed by atoms with Crippen LogP contribution in [0.25, 0.3) is 0 Å². The molecular weight excluding hydrogens is 250 g/mol. The Bertz CT molecular complexity index is 481. The minimum Gasteiger partial charge on any atom is -0.363 e. The van der Waals surface area contributed by atoms with Crippen molar-refractivity contribution in [2.45, 2.75) is 20.8 Å². The van der Waals surface area contributed by atoms with Gasteiger partial charge in [-0.1, -0.05) is 13.8 Å². The molecule has 19 heavy (non-hydrogen) atoms. The average Bonchev–Trinajstić information content (AvgIpc) is 2.58. The number of aryl methyl sites for hydroxylation is 2. The molecule has 0 bridgehead atoms. The lowest BCUT2D eigenvalue weighted by Crippen LogP contribution is -2.32. The van der Waals surface area contributed by atoms with Gasteiger partial charge in [0.15, 0.2) is 0 Å². The van der Waals surface area contributed by atoms with Crippen LogP contribution < -0.4 is 10.6 Å². The van der Waals surface area contributed by atoms with E-state index in [0.717, 1.165) is 0 Å². The van der Waals surface area contributed by atoms with Crippen molar-refractivity contribution < 1.29 is 9.72 Å².